The van der Waals surface area contributed by atoms with Gasteiger partial charge in [-0.05, 0) is 12.5 Å². The van der Waals surface area contributed by atoms with Crippen molar-refractivity contribution in [3.05, 3.63) is 10.9 Å². The number of carbonyl (C=O) groups is 1. The standard InChI is InChI=1S/C9H13N3OS/c1-11-9(13)8-6(10)5-7(14-8)12-3-2-4-12/h5H,2-4,10H2,1H3,(H,11,13). The van der Waals surface area contributed by atoms with E-state index in [0.29, 0.717) is 10.6 Å². The number of carbonyl (C=O) groups excluding carboxylic acids is 1. The summed E-state index contributed by atoms with van der Waals surface area (Å²) in [6, 6.07) is 1.88. The van der Waals surface area contributed by atoms with Crippen LogP contribution in [0.25, 0.3) is 0 Å². The summed E-state index contributed by atoms with van der Waals surface area (Å²) in [5.74, 6) is -0.0979. The van der Waals surface area contributed by atoms with Crippen molar-refractivity contribution < 1.29 is 4.79 Å². The molecule has 76 valence electrons. The van der Waals surface area contributed by atoms with Crippen LogP contribution in [0.4, 0.5) is 10.7 Å². The lowest BCUT2D eigenvalue weighted by Crippen LogP contribution is -2.36. The predicted molar refractivity (Wildman–Crippen MR) is 59.0 cm³/mol. The Balaban J connectivity index is 2.24. The number of anilines is 2. The zero-order valence-corrected chi connectivity index (χ0v) is 8.86. The average molecular weight is 211 g/mol. The average Bonchev–Trinajstić information content (AvgIpc) is 2.43. The molecule has 0 radical (unpaired) electrons. The maximum absolute atomic E-state index is 11.4. The van der Waals surface area contributed by atoms with Gasteiger partial charge in [0, 0.05) is 20.1 Å². The van der Waals surface area contributed by atoms with Gasteiger partial charge in [-0.15, -0.1) is 11.3 Å². The molecule has 1 saturated heterocycles. The van der Waals surface area contributed by atoms with Crippen LogP contribution in [0.2, 0.25) is 0 Å². The molecule has 2 rings (SSSR count). The van der Waals surface area contributed by atoms with Crippen molar-refractivity contribution in [3.63, 3.8) is 0 Å². The maximum Gasteiger partial charge on any atom is 0.263 e. The second-order valence-electron chi connectivity index (χ2n) is 3.29. The van der Waals surface area contributed by atoms with Gasteiger partial charge in [0.05, 0.1) is 10.7 Å². The van der Waals surface area contributed by atoms with Gasteiger partial charge in [0.25, 0.3) is 5.91 Å². The molecule has 1 aromatic rings. The van der Waals surface area contributed by atoms with E-state index in [9.17, 15) is 4.79 Å². The van der Waals surface area contributed by atoms with Gasteiger partial charge in [-0.2, -0.15) is 0 Å². The largest absolute Gasteiger partial charge is 0.397 e. The molecule has 0 bridgehead atoms. The number of rotatable bonds is 2. The van der Waals surface area contributed by atoms with Crippen LogP contribution in [-0.2, 0) is 0 Å². The number of hydrogen-bond donors (Lipinski definition) is 2. The first-order chi connectivity index (χ1) is 6.72. The highest BCUT2D eigenvalue weighted by Crippen LogP contribution is 2.34. The van der Waals surface area contributed by atoms with Crippen LogP contribution in [0.3, 0.4) is 0 Å². The fourth-order valence-electron chi connectivity index (χ4n) is 1.37. The van der Waals surface area contributed by atoms with E-state index < -0.39 is 0 Å². The molecular formula is C9H13N3OS. The van der Waals surface area contributed by atoms with Crippen LogP contribution >= 0.6 is 11.3 Å². The molecule has 0 aromatic carbocycles. The van der Waals surface area contributed by atoms with Gasteiger partial charge in [-0.3, -0.25) is 4.79 Å². The Morgan fingerprint density at radius 1 is 1.64 bits per heavy atom. The number of nitrogens with two attached hydrogens (primary N) is 1. The number of hydrogen-bond acceptors (Lipinski definition) is 4. The minimum Gasteiger partial charge on any atom is -0.397 e. The van der Waals surface area contributed by atoms with Crippen LogP contribution in [0, 0.1) is 0 Å². The van der Waals surface area contributed by atoms with Gasteiger partial charge >= 0.3 is 0 Å². The highest BCUT2D eigenvalue weighted by molar-refractivity contribution is 7.18. The summed E-state index contributed by atoms with van der Waals surface area (Å²) in [5, 5.41) is 3.69. The SMILES string of the molecule is CNC(=O)c1sc(N2CCC2)cc1N. The third-order valence-electron chi connectivity index (χ3n) is 2.35. The molecule has 0 aliphatic carbocycles. The van der Waals surface area contributed by atoms with Crippen molar-refractivity contribution >= 4 is 27.9 Å². The summed E-state index contributed by atoms with van der Waals surface area (Å²) in [6.07, 6.45) is 1.23. The van der Waals surface area contributed by atoms with Gasteiger partial charge in [-0.25, -0.2) is 0 Å². The van der Waals surface area contributed by atoms with Crippen molar-refractivity contribution in [2.45, 2.75) is 6.42 Å². The molecule has 4 nitrogen and oxygen atoms in total. The lowest BCUT2D eigenvalue weighted by molar-refractivity contribution is 0.0968. The Hall–Kier alpha value is -1.23. The monoisotopic (exact) mass is 211 g/mol. The first-order valence-electron chi connectivity index (χ1n) is 4.58. The molecular weight excluding hydrogens is 198 g/mol. The van der Waals surface area contributed by atoms with Gasteiger partial charge in [0.15, 0.2) is 0 Å². The summed E-state index contributed by atoms with van der Waals surface area (Å²) in [7, 11) is 1.62. The fourth-order valence-corrected chi connectivity index (χ4v) is 2.45. The summed E-state index contributed by atoms with van der Waals surface area (Å²) >= 11 is 1.46. The van der Waals surface area contributed by atoms with E-state index in [1.165, 1.54) is 17.8 Å². The molecule has 1 aromatic heterocycles. The van der Waals surface area contributed by atoms with Gasteiger partial charge in [-0.1, -0.05) is 0 Å². The maximum atomic E-state index is 11.4. The normalized spacial score (nSPS) is 15.1. The fraction of sp³-hybridized carbons (Fsp3) is 0.444. The van der Waals surface area contributed by atoms with Crippen LogP contribution in [0.15, 0.2) is 6.07 Å². The van der Waals surface area contributed by atoms with E-state index in [4.69, 9.17) is 5.73 Å². The second kappa shape index (κ2) is 3.49. The molecule has 5 heteroatoms. The van der Waals surface area contributed by atoms with Gasteiger partial charge in [0.2, 0.25) is 0 Å². The zero-order valence-electron chi connectivity index (χ0n) is 8.04. The van der Waals surface area contributed by atoms with Crippen LogP contribution in [-0.4, -0.2) is 26.0 Å². The molecule has 14 heavy (non-hydrogen) atoms. The van der Waals surface area contributed by atoms with Crippen molar-refractivity contribution in [2.24, 2.45) is 0 Å². The smallest absolute Gasteiger partial charge is 0.263 e. The third kappa shape index (κ3) is 1.43. The molecule has 0 saturated carbocycles. The Bertz CT molecular complexity index is 357. The third-order valence-corrected chi connectivity index (χ3v) is 3.56. The number of thiophene rings is 1. The van der Waals surface area contributed by atoms with Crippen molar-refractivity contribution in [2.75, 3.05) is 30.8 Å². The van der Waals surface area contributed by atoms with Crippen molar-refractivity contribution in [3.8, 4) is 0 Å². The van der Waals surface area contributed by atoms with Crippen LogP contribution in [0.5, 0.6) is 0 Å². The molecule has 0 spiro atoms. The molecule has 0 unspecified atom stereocenters. The quantitative estimate of drug-likeness (QED) is 0.764. The minimum atomic E-state index is -0.0979. The summed E-state index contributed by atoms with van der Waals surface area (Å²) in [6.45, 7) is 2.15. The molecule has 1 amide bonds. The zero-order chi connectivity index (χ0) is 10.1. The van der Waals surface area contributed by atoms with E-state index in [-0.39, 0.29) is 5.91 Å². The highest BCUT2D eigenvalue weighted by atomic mass is 32.1. The predicted octanol–water partition coefficient (Wildman–Crippen LogP) is 0.900. The molecule has 3 N–H and O–H groups in total. The minimum absolute atomic E-state index is 0.0979. The summed E-state index contributed by atoms with van der Waals surface area (Å²) in [4.78, 5) is 14.2. The van der Waals surface area contributed by atoms with E-state index in [0.717, 1.165) is 18.1 Å². The number of nitrogens with one attached hydrogen (secondary N) is 1. The molecule has 1 fully saturated rings. The molecule has 0 atom stereocenters. The molecule has 1 aliphatic rings. The second-order valence-corrected chi connectivity index (χ2v) is 4.32. The van der Waals surface area contributed by atoms with Crippen molar-refractivity contribution in [1.29, 1.82) is 0 Å². The number of nitrogen functional groups attached to an aromatic ring is 1. The number of nitrogens with zero attached hydrogens (tertiary/aromatic N) is 1. The molecule has 1 aliphatic heterocycles. The lowest BCUT2D eigenvalue weighted by Gasteiger charge is -2.31. The Labute approximate surface area is 86.7 Å². The molecule has 2 heterocycles. The number of amides is 1. The van der Waals surface area contributed by atoms with Gasteiger partial charge < -0.3 is 16.0 Å². The lowest BCUT2D eigenvalue weighted by atomic mass is 10.2. The summed E-state index contributed by atoms with van der Waals surface area (Å²) in [5.41, 5.74) is 6.34. The first-order valence-corrected chi connectivity index (χ1v) is 5.40. The van der Waals surface area contributed by atoms with E-state index >= 15 is 0 Å². The topological polar surface area (TPSA) is 58.4 Å². The van der Waals surface area contributed by atoms with Gasteiger partial charge in [0.1, 0.15) is 4.88 Å². The van der Waals surface area contributed by atoms with Crippen LogP contribution in [0.1, 0.15) is 16.1 Å². The highest BCUT2D eigenvalue weighted by Gasteiger charge is 2.20. The van der Waals surface area contributed by atoms with Crippen molar-refractivity contribution in [1.82, 2.24) is 5.32 Å². The summed E-state index contributed by atoms with van der Waals surface area (Å²) < 4.78 is 0. The van der Waals surface area contributed by atoms with E-state index in [1.807, 2.05) is 6.07 Å². The van der Waals surface area contributed by atoms with E-state index in [2.05, 4.69) is 10.2 Å². The Morgan fingerprint density at radius 3 is 2.86 bits per heavy atom. The Kier molecular flexibility index (Phi) is 2.33. The van der Waals surface area contributed by atoms with Crippen LogP contribution < -0.4 is 16.0 Å². The van der Waals surface area contributed by atoms with E-state index in [1.54, 1.807) is 7.05 Å². The first kappa shape index (κ1) is 9.33. The Morgan fingerprint density at radius 2 is 2.36 bits per heavy atom.